The number of amides is 4. The molecule has 0 aromatic carbocycles. The third-order valence-corrected chi connectivity index (χ3v) is 5.46. The van der Waals surface area contributed by atoms with Crippen LogP contribution in [-0.2, 0) is 28.8 Å². The maximum Gasteiger partial charge on any atom is 0.326 e. The van der Waals surface area contributed by atoms with Gasteiger partial charge in [0.15, 0.2) is 5.96 Å². The van der Waals surface area contributed by atoms with Gasteiger partial charge in [-0.25, -0.2) is 4.79 Å². The summed E-state index contributed by atoms with van der Waals surface area (Å²) in [7, 11) is 0. The Balaban J connectivity index is 5.66. The fourth-order valence-corrected chi connectivity index (χ4v) is 3.31. The molecule has 39 heavy (non-hydrogen) atoms. The molecule has 0 radical (unpaired) electrons. The number of aliphatic imine (C=N–C) groups is 1. The molecule has 4 amide bonds. The summed E-state index contributed by atoms with van der Waals surface area (Å²) in [6, 6.07) is -5.12. The van der Waals surface area contributed by atoms with E-state index in [9.17, 15) is 33.9 Å². The van der Waals surface area contributed by atoms with Crippen molar-refractivity contribution in [3.63, 3.8) is 0 Å². The second kappa shape index (κ2) is 19.1. The number of carboxylic acid groups (broad SMARTS) is 2. The first kappa shape index (κ1) is 35.0. The maximum atomic E-state index is 13.1. The molecule has 0 rings (SSSR count). The number of nitrogens with one attached hydrogen (secondary N) is 3. The van der Waals surface area contributed by atoms with Gasteiger partial charge in [0.2, 0.25) is 23.6 Å². The topological polar surface area (TPSA) is 321 Å². The van der Waals surface area contributed by atoms with E-state index in [1.807, 2.05) is 0 Å². The number of unbranched alkanes of at least 4 members (excludes halogenated alkanes) is 1. The molecule has 0 aliphatic carbocycles. The number of primary amides is 1. The summed E-state index contributed by atoms with van der Waals surface area (Å²) >= 11 is 0. The maximum absolute atomic E-state index is 13.1. The van der Waals surface area contributed by atoms with Crippen molar-refractivity contribution in [2.75, 3.05) is 13.1 Å². The summed E-state index contributed by atoms with van der Waals surface area (Å²) in [4.78, 5) is 76.0. The molecule has 4 unspecified atom stereocenters. The van der Waals surface area contributed by atoms with E-state index in [1.54, 1.807) is 0 Å². The van der Waals surface area contributed by atoms with Gasteiger partial charge in [0.25, 0.3) is 0 Å². The Morgan fingerprint density at radius 1 is 0.692 bits per heavy atom. The number of hydrogen-bond acceptors (Lipinski definition) is 9. The molecule has 0 aromatic rings. The largest absolute Gasteiger partial charge is 0.481 e. The van der Waals surface area contributed by atoms with Gasteiger partial charge in [0.05, 0.1) is 6.04 Å². The molecule has 4 atom stereocenters. The number of carboxylic acids is 2. The number of carbonyl (C=O) groups is 6. The molecule has 0 heterocycles. The van der Waals surface area contributed by atoms with Gasteiger partial charge in [-0.2, -0.15) is 0 Å². The minimum absolute atomic E-state index is 0.000994. The normalized spacial score (nSPS) is 13.7. The molecule has 0 aliphatic heterocycles. The van der Waals surface area contributed by atoms with Crippen LogP contribution in [0.5, 0.6) is 0 Å². The predicted molar refractivity (Wildman–Crippen MR) is 140 cm³/mol. The second-order valence-corrected chi connectivity index (χ2v) is 8.80. The number of aliphatic carboxylic acids is 2. The molecule has 0 saturated heterocycles. The van der Waals surface area contributed by atoms with Gasteiger partial charge in [0.1, 0.15) is 18.1 Å². The third kappa shape index (κ3) is 16.5. The van der Waals surface area contributed by atoms with Crippen molar-refractivity contribution in [3.05, 3.63) is 0 Å². The first-order chi connectivity index (χ1) is 18.3. The Kier molecular flexibility index (Phi) is 17.2. The molecule has 0 bridgehead atoms. The molecule has 0 aromatic heterocycles. The van der Waals surface area contributed by atoms with Crippen LogP contribution in [0, 0.1) is 0 Å². The third-order valence-electron chi connectivity index (χ3n) is 5.46. The van der Waals surface area contributed by atoms with Crippen LogP contribution in [0.1, 0.15) is 57.8 Å². The van der Waals surface area contributed by atoms with Gasteiger partial charge in [-0.15, -0.1) is 0 Å². The van der Waals surface area contributed by atoms with E-state index in [1.165, 1.54) is 0 Å². The van der Waals surface area contributed by atoms with Crippen molar-refractivity contribution in [1.29, 1.82) is 0 Å². The number of nitrogens with two attached hydrogens (primary N) is 5. The molecule has 0 aliphatic rings. The predicted octanol–water partition coefficient (Wildman–Crippen LogP) is -3.83. The summed E-state index contributed by atoms with van der Waals surface area (Å²) in [5.41, 5.74) is 26.8. The SMILES string of the molecule is NCCCCC(NC(=O)C(CCC(=O)O)NC(=O)C(CCCN=C(N)N)NC(=O)C(N)CCC(N)=O)C(=O)O. The minimum atomic E-state index is -1.43. The molecule has 15 N–H and O–H groups in total. The minimum Gasteiger partial charge on any atom is -0.481 e. The zero-order chi connectivity index (χ0) is 30.0. The van der Waals surface area contributed by atoms with Crippen LogP contribution in [0.3, 0.4) is 0 Å². The van der Waals surface area contributed by atoms with E-state index in [2.05, 4.69) is 20.9 Å². The van der Waals surface area contributed by atoms with Crippen molar-refractivity contribution >= 4 is 41.5 Å². The lowest BCUT2D eigenvalue weighted by molar-refractivity contribution is -0.143. The van der Waals surface area contributed by atoms with E-state index in [0.717, 1.165) is 0 Å². The van der Waals surface area contributed by atoms with Crippen LogP contribution in [0.4, 0.5) is 0 Å². The van der Waals surface area contributed by atoms with Crippen molar-refractivity contribution in [1.82, 2.24) is 16.0 Å². The quantitative estimate of drug-likeness (QED) is 0.0367. The Labute approximate surface area is 225 Å². The van der Waals surface area contributed by atoms with Crippen LogP contribution in [0.2, 0.25) is 0 Å². The smallest absolute Gasteiger partial charge is 0.326 e. The molecular weight excluding hydrogens is 518 g/mol. The molecule has 0 saturated carbocycles. The second-order valence-electron chi connectivity index (χ2n) is 8.80. The Morgan fingerprint density at radius 2 is 1.23 bits per heavy atom. The number of nitrogens with zero attached hydrogens (tertiary/aromatic N) is 1. The Hall–Kier alpha value is -3.99. The van der Waals surface area contributed by atoms with Gasteiger partial charge >= 0.3 is 11.9 Å². The van der Waals surface area contributed by atoms with Crippen molar-refractivity contribution < 1.29 is 39.0 Å². The van der Waals surface area contributed by atoms with Crippen molar-refractivity contribution in [2.45, 2.75) is 82.0 Å². The van der Waals surface area contributed by atoms with E-state index >= 15 is 0 Å². The Morgan fingerprint density at radius 3 is 1.74 bits per heavy atom. The zero-order valence-corrected chi connectivity index (χ0v) is 21.8. The number of rotatable bonds is 21. The zero-order valence-electron chi connectivity index (χ0n) is 21.8. The van der Waals surface area contributed by atoms with Crippen molar-refractivity contribution in [3.8, 4) is 0 Å². The van der Waals surface area contributed by atoms with Crippen LogP contribution in [0.15, 0.2) is 4.99 Å². The highest BCUT2D eigenvalue weighted by Crippen LogP contribution is 2.07. The highest BCUT2D eigenvalue weighted by atomic mass is 16.4. The summed E-state index contributed by atoms with van der Waals surface area (Å²) < 4.78 is 0. The lowest BCUT2D eigenvalue weighted by Crippen LogP contribution is -2.57. The van der Waals surface area contributed by atoms with E-state index in [-0.39, 0.29) is 51.0 Å². The van der Waals surface area contributed by atoms with Crippen molar-refractivity contribution in [2.24, 2.45) is 33.7 Å². The average molecular weight is 560 g/mol. The monoisotopic (exact) mass is 559 g/mol. The number of carbonyl (C=O) groups excluding carboxylic acids is 4. The molecular formula is C22H41N9O8. The first-order valence-electron chi connectivity index (χ1n) is 12.4. The number of guanidine groups is 1. The highest BCUT2D eigenvalue weighted by molar-refractivity contribution is 5.94. The summed E-state index contributed by atoms with van der Waals surface area (Å²) in [6.07, 6.45) is 0.142. The van der Waals surface area contributed by atoms with Crippen LogP contribution in [-0.4, -0.2) is 89.0 Å². The average Bonchev–Trinajstić information content (AvgIpc) is 2.85. The van der Waals surface area contributed by atoms with Crippen LogP contribution >= 0.6 is 0 Å². The summed E-state index contributed by atoms with van der Waals surface area (Å²) in [5, 5.41) is 25.6. The van der Waals surface area contributed by atoms with E-state index in [0.29, 0.717) is 19.4 Å². The van der Waals surface area contributed by atoms with Crippen LogP contribution in [0.25, 0.3) is 0 Å². The molecule has 17 heteroatoms. The van der Waals surface area contributed by atoms with Gasteiger partial charge in [-0.1, -0.05) is 0 Å². The van der Waals surface area contributed by atoms with Gasteiger partial charge in [-0.3, -0.25) is 29.0 Å². The number of hydrogen-bond donors (Lipinski definition) is 10. The van der Waals surface area contributed by atoms with Crippen LogP contribution < -0.4 is 44.6 Å². The molecule has 0 spiro atoms. The molecule has 222 valence electrons. The standard InChI is InChI=1S/C22H41N9O8/c23-10-2-1-4-15(21(38)39)31-20(37)14(7-9-17(33)34)30-19(36)13(5-3-11-28-22(26)27)29-18(35)12(24)6-8-16(25)32/h12-15H,1-11,23-24H2,(H2,25,32)(H,29,35)(H,30,36)(H,31,37)(H,33,34)(H,38,39)(H4,26,27,28). The Bertz CT molecular complexity index is 880. The lowest BCUT2D eigenvalue weighted by atomic mass is 10.0. The lowest BCUT2D eigenvalue weighted by Gasteiger charge is -2.25. The van der Waals surface area contributed by atoms with E-state index in [4.69, 9.17) is 33.8 Å². The molecule has 0 fully saturated rings. The van der Waals surface area contributed by atoms with Gasteiger partial charge < -0.3 is 54.8 Å². The summed E-state index contributed by atoms with van der Waals surface area (Å²) in [5.74, 6) is -5.93. The highest BCUT2D eigenvalue weighted by Gasteiger charge is 2.30. The van der Waals surface area contributed by atoms with Gasteiger partial charge in [-0.05, 0) is 51.5 Å². The fourth-order valence-electron chi connectivity index (χ4n) is 3.31. The summed E-state index contributed by atoms with van der Waals surface area (Å²) in [6.45, 7) is 0.446. The first-order valence-corrected chi connectivity index (χ1v) is 12.4. The fraction of sp³-hybridized carbons (Fsp3) is 0.682. The van der Waals surface area contributed by atoms with Gasteiger partial charge in [0, 0.05) is 19.4 Å². The molecule has 17 nitrogen and oxygen atoms in total. The van der Waals surface area contributed by atoms with E-state index < -0.39 is 66.2 Å².